The van der Waals surface area contributed by atoms with Gasteiger partial charge >= 0.3 is 0 Å². The van der Waals surface area contributed by atoms with Crippen LogP contribution in [0.25, 0.3) is 0 Å². The summed E-state index contributed by atoms with van der Waals surface area (Å²) in [5, 5.41) is 3.39. The Bertz CT molecular complexity index is 86.1. The molecule has 0 aromatic carbocycles. The third kappa shape index (κ3) is 8.26. The summed E-state index contributed by atoms with van der Waals surface area (Å²) < 4.78 is 5.72. The van der Waals surface area contributed by atoms with Gasteiger partial charge in [-0.1, -0.05) is 27.2 Å². The Morgan fingerprint density at radius 2 is 1.92 bits per heavy atom. The first-order valence-corrected chi connectivity index (χ1v) is 5.67. The van der Waals surface area contributed by atoms with E-state index in [2.05, 4.69) is 26.1 Å². The number of nitrogens with one attached hydrogen (secondary N) is 1. The summed E-state index contributed by atoms with van der Waals surface area (Å²) in [6, 6.07) is 0. The lowest BCUT2D eigenvalue weighted by molar-refractivity contribution is 0.0491. The minimum atomic E-state index is 0.415. The van der Waals surface area contributed by atoms with Crippen LogP contribution in [0.2, 0.25) is 0 Å². The van der Waals surface area contributed by atoms with Crippen LogP contribution in [0.5, 0.6) is 0 Å². The van der Waals surface area contributed by atoms with Crippen molar-refractivity contribution in [2.75, 3.05) is 19.7 Å². The molecule has 0 fully saturated rings. The number of unbranched alkanes of at least 4 members (excludes halogenated alkanes) is 1. The van der Waals surface area contributed by atoms with Crippen molar-refractivity contribution in [3.63, 3.8) is 0 Å². The molecule has 80 valence electrons. The second-order valence-corrected chi connectivity index (χ2v) is 3.46. The van der Waals surface area contributed by atoms with E-state index in [-0.39, 0.29) is 0 Å². The molecule has 0 heterocycles. The molecular weight excluding hydrogens is 162 g/mol. The maximum absolute atomic E-state index is 5.72. The van der Waals surface area contributed by atoms with Gasteiger partial charge in [0.2, 0.25) is 0 Å². The van der Waals surface area contributed by atoms with Gasteiger partial charge in [0, 0.05) is 13.2 Å². The SMILES string of the molecule is CCCCOC(CC)CNCCC. The molecule has 0 aromatic heterocycles. The Kier molecular flexibility index (Phi) is 9.94. The maximum Gasteiger partial charge on any atom is 0.0696 e. The predicted molar refractivity (Wildman–Crippen MR) is 58.1 cm³/mol. The lowest BCUT2D eigenvalue weighted by Crippen LogP contribution is -2.29. The van der Waals surface area contributed by atoms with E-state index >= 15 is 0 Å². The Labute approximate surface area is 83.1 Å². The van der Waals surface area contributed by atoms with E-state index in [1.165, 1.54) is 19.3 Å². The van der Waals surface area contributed by atoms with Gasteiger partial charge in [-0.15, -0.1) is 0 Å². The molecule has 0 bridgehead atoms. The van der Waals surface area contributed by atoms with Crippen LogP contribution in [-0.4, -0.2) is 25.8 Å². The van der Waals surface area contributed by atoms with Crippen LogP contribution in [0.4, 0.5) is 0 Å². The summed E-state index contributed by atoms with van der Waals surface area (Å²) in [7, 11) is 0. The zero-order chi connectivity index (χ0) is 9.94. The second kappa shape index (κ2) is 10.0. The Hall–Kier alpha value is -0.0800. The van der Waals surface area contributed by atoms with Gasteiger partial charge < -0.3 is 10.1 Å². The van der Waals surface area contributed by atoms with Crippen LogP contribution in [-0.2, 0) is 4.74 Å². The van der Waals surface area contributed by atoms with E-state index in [1.54, 1.807) is 0 Å². The molecule has 0 aliphatic carbocycles. The molecule has 2 nitrogen and oxygen atoms in total. The van der Waals surface area contributed by atoms with Gasteiger partial charge in [-0.2, -0.15) is 0 Å². The minimum absolute atomic E-state index is 0.415. The van der Waals surface area contributed by atoms with Crippen LogP contribution >= 0.6 is 0 Å². The first-order valence-electron chi connectivity index (χ1n) is 5.67. The number of rotatable bonds is 9. The smallest absolute Gasteiger partial charge is 0.0696 e. The van der Waals surface area contributed by atoms with Crippen molar-refractivity contribution in [1.82, 2.24) is 5.32 Å². The molecule has 0 spiro atoms. The largest absolute Gasteiger partial charge is 0.377 e. The number of ether oxygens (including phenoxy) is 1. The van der Waals surface area contributed by atoms with Crippen molar-refractivity contribution >= 4 is 0 Å². The van der Waals surface area contributed by atoms with E-state index in [0.717, 1.165) is 26.1 Å². The van der Waals surface area contributed by atoms with Gasteiger partial charge in [0.1, 0.15) is 0 Å². The average molecular weight is 187 g/mol. The molecule has 0 saturated carbocycles. The highest BCUT2D eigenvalue weighted by molar-refractivity contribution is 4.59. The van der Waals surface area contributed by atoms with Crippen molar-refractivity contribution in [3.05, 3.63) is 0 Å². The molecule has 0 aromatic rings. The van der Waals surface area contributed by atoms with Gasteiger partial charge in [-0.05, 0) is 25.8 Å². The average Bonchev–Trinajstić information content (AvgIpc) is 2.16. The number of hydrogen-bond donors (Lipinski definition) is 1. The first kappa shape index (κ1) is 12.9. The van der Waals surface area contributed by atoms with Crippen molar-refractivity contribution in [2.45, 2.75) is 52.6 Å². The van der Waals surface area contributed by atoms with Crippen molar-refractivity contribution < 1.29 is 4.74 Å². The Balaban J connectivity index is 3.28. The van der Waals surface area contributed by atoms with E-state index < -0.39 is 0 Å². The summed E-state index contributed by atoms with van der Waals surface area (Å²) in [4.78, 5) is 0. The van der Waals surface area contributed by atoms with E-state index in [4.69, 9.17) is 4.74 Å². The molecule has 13 heavy (non-hydrogen) atoms. The minimum Gasteiger partial charge on any atom is -0.377 e. The van der Waals surface area contributed by atoms with Crippen LogP contribution in [0.3, 0.4) is 0 Å². The third-order valence-electron chi connectivity index (χ3n) is 2.11. The molecule has 0 radical (unpaired) electrons. The highest BCUT2D eigenvalue weighted by Crippen LogP contribution is 1.98. The van der Waals surface area contributed by atoms with Crippen LogP contribution in [0.1, 0.15) is 46.5 Å². The summed E-state index contributed by atoms with van der Waals surface area (Å²) in [5.74, 6) is 0. The molecule has 2 heteroatoms. The lowest BCUT2D eigenvalue weighted by Gasteiger charge is -2.16. The van der Waals surface area contributed by atoms with Gasteiger partial charge in [-0.3, -0.25) is 0 Å². The zero-order valence-corrected chi connectivity index (χ0v) is 9.44. The Morgan fingerprint density at radius 3 is 2.46 bits per heavy atom. The quantitative estimate of drug-likeness (QED) is 0.560. The van der Waals surface area contributed by atoms with Crippen LogP contribution < -0.4 is 5.32 Å². The van der Waals surface area contributed by atoms with Crippen molar-refractivity contribution in [2.24, 2.45) is 0 Å². The third-order valence-corrected chi connectivity index (χ3v) is 2.11. The summed E-state index contributed by atoms with van der Waals surface area (Å²) in [5.41, 5.74) is 0. The van der Waals surface area contributed by atoms with Gasteiger partial charge in [-0.25, -0.2) is 0 Å². The van der Waals surface area contributed by atoms with Crippen molar-refractivity contribution in [3.8, 4) is 0 Å². The molecule has 0 aliphatic rings. The van der Waals surface area contributed by atoms with Crippen LogP contribution in [0.15, 0.2) is 0 Å². The molecule has 0 rings (SSSR count). The van der Waals surface area contributed by atoms with E-state index in [0.29, 0.717) is 6.10 Å². The van der Waals surface area contributed by atoms with E-state index in [1.807, 2.05) is 0 Å². The molecule has 1 atom stereocenters. The molecular formula is C11H25NO. The topological polar surface area (TPSA) is 21.3 Å². The highest BCUT2D eigenvalue weighted by atomic mass is 16.5. The summed E-state index contributed by atoms with van der Waals surface area (Å²) in [6.07, 6.45) is 5.13. The fourth-order valence-corrected chi connectivity index (χ4v) is 1.16. The summed E-state index contributed by atoms with van der Waals surface area (Å²) in [6.45, 7) is 9.60. The van der Waals surface area contributed by atoms with Gasteiger partial charge in [0.05, 0.1) is 6.10 Å². The molecule has 0 saturated heterocycles. The second-order valence-electron chi connectivity index (χ2n) is 3.46. The molecule has 0 amide bonds. The Morgan fingerprint density at radius 1 is 1.15 bits per heavy atom. The monoisotopic (exact) mass is 187 g/mol. The predicted octanol–water partition coefficient (Wildman–Crippen LogP) is 2.58. The van der Waals surface area contributed by atoms with Gasteiger partial charge in [0.15, 0.2) is 0 Å². The maximum atomic E-state index is 5.72. The molecule has 1 N–H and O–H groups in total. The normalized spacial score (nSPS) is 13.2. The van der Waals surface area contributed by atoms with Crippen molar-refractivity contribution in [1.29, 1.82) is 0 Å². The highest BCUT2D eigenvalue weighted by Gasteiger charge is 2.04. The molecule has 1 unspecified atom stereocenters. The van der Waals surface area contributed by atoms with E-state index in [9.17, 15) is 0 Å². The zero-order valence-electron chi connectivity index (χ0n) is 9.44. The standard InChI is InChI=1S/C11H25NO/c1-4-7-9-13-11(6-3)10-12-8-5-2/h11-12H,4-10H2,1-3H3. The fraction of sp³-hybridized carbons (Fsp3) is 1.00. The van der Waals surface area contributed by atoms with Crippen LogP contribution in [0, 0.1) is 0 Å². The lowest BCUT2D eigenvalue weighted by atomic mass is 10.2. The molecule has 0 aliphatic heterocycles. The van der Waals surface area contributed by atoms with Gasteiger partial charge in [0.25, 0.3) is 0 Å². The first-order chi connectivity index (χ1) is 6.35. The fourth-order valence-electron chi connectivity index (χ4n) is 1.16. The number of hydrogen-bond acceptors (Lipinski definition) is 2. The summed E-state index contributed by atoms with van der Waals surface area (Å²) >= 11 is 0.